The number of ether oxygens (including phenoxy) is 2. The zero-order chi connectivity index (χ0) is 16.2. The normalized spacial score (nSPS) is 15.8. The molecule has 120 valence electrons. The van der Waals surface area contributed by atoms with Crippen LogP contribution in [0.25, 0.3) is 0 Å². The Kier molecular flexibility index (Phi) is 4.79. The van der Waals surface area contributed by atoms with E-state index in [1.165, 1.54) is 0 Å². The molecule has 0 unspecified atom stereocenters. The van der Waals surface area contributed by atoms with E-state index in [0.717, 1.165) is 0 Å². The quantitative estimate of drug-likeness (QED) is 0.878. The Morgan fingerprint density at radius 1 is 1.13 bits per heavy atom. The van der Waals surface area contributed by atoms with Crippen molar-refractivity contribution >= 4 is 34.9 Å². The van der Waals surface area contributed by atoms with Crippen LogP contribution in [-0.4, -0.2) is 25.3 Å². The number of rotatable bonds is 3. The van der Waals surface area contributed by atoms with Gasteiger partial charge in [0.1, 0.15) is 6.61 Å². The second-order valence-electron chi connectivity index (χ2n) is 4.96. The van der Waals surface area contributed by atoms with Gasteiger partial charge < -0.3 is 20.1 Å². The van der Waals surface area contributed by atoms with Gasteiger partial charge in [-0.1, -0.05) is 35.3 Å². The van der Waals surface area contributed by atoms with Crippen molar-refractivity contribution in [2.24, 2.45) is 0 Å². The van der Waals surface area contributed by atoms with E-state index in [4.69, 9.17) is 32.7 Å². The zero-order valence-electron chi connectivity index (χ0n) is 12.0. The van der Waals surface area contributed by atoms with Gasteiger partial charge in [-0.3, -0.25) is 0 Å². The van der Waals surface area contributed by atoms with Crippen LogP contribution in [0.2, 0.25) is 10.0 Å². The minimum Gasteiger partial charge on any atom is -0.486 e. The highest BCUT2D eigenvalue weighted by atomic mass is 35.5. The summed E-state index contributed by atoms with van der Waals surface area (Å²) in [4.78, 5) is 11.9. The summed E-state index contributed by atoms with van der Waals surface area (Å²) < 4.78 is 11.3. The first kappa shape index (κ1) is 15.8. The van der Waals surface area contributed by atoms with Crippen molar-refractivity contribution in [2.75, 3.05) is 18.5 Å². The topological polar surface area (TPSA) is 59.6 Å². The van der Waals surface area contributed by atoms with Crippen molar-refractivity contribution in [3.05, 3.63) is 52.5 Å². The molecule has 1 heterocycles. The number of nitrogens with one attached hydrogen (secondary N) is 2. The fraction of sp³-hybridized carbons (Fsp3) is 0.188. The number of carbonyl (C=O) groups is 1. The van der Waals surface area contributed by atoms with Crippen LogP contribution in [0.15, 0.2) is 42.5 Å². The van der Waals surface area contributed by atoms with Crippen molar-refractivity contribution in [1.82, 2.24) is 5.32 Å². The number of para-hydroxylation sites is 2. The molecule has 0 spiro atoms. The first-order valence-electron chi connectivity index (χ1n) is 7.00. The van der Waals surface area contributed by atoms with Crippen molar-refractivity contribution in [1.29, 1.82) is 0 Å². The Balaban J connectivity index is 1.51. The number of hydrogen-bond donors (Lipinski definition) is 2. The molecule has 7 heteroatoms. The second kappa shape index (κ2) is 6.98. The lowest BCUT2D eigenvalue weighted by atomic mass is 10.2. The number of halogens is 2. The third-order valence-electron chi connectivity index (χ3n) is 3.24. The van der Waals surface area contributed by atoms with E-state index >= 15 is 0 Å². The van der Waals surface area contributed by atoms with E-state index in [9.17, 15) is 4.79 Å². The highest BCUT2D eigenvalue weighted by Gasteiger charge is 2.21. The van der Waals surface area contributed by atoms with Gasteiger partial charge in [-0.25, -0.2) is 4.79 Å². The van der Waals surface area contributed by atoms with Crippen LogP contribution in [0.1, 0.15) is 0 Å². The lowest BCUT2D eigenvalue weighted by molar-refractivity contribution is 0.0922. The average Bonchev–Trinajstić information content (AvgIpc) is 2.56. The molecule has 1 aliphatic rings. The number of benzene rings is 2. The molecule has 1 aliphatic heterocycles. The molecule has 2 amide bonds. The molecular formula is C16H14Cl2N2O3. The molecule has 0 radical (unpaired) electrons. The maximum atomic E-state index is 11.9. The molecule has 3 rings (SSSR count). The zero-order valence-corrected chi connectivity index (χ0v) is 13.5. The molecule has 2 N–H and O–H groups in total. The van der Waals surface area contributed by atoms with Crippen LogP contribution < -0.4 is 20.1 Å². The maximum absolute atomic E-state index is 11.9. The number of fused-ring (bicyclic) bond motifs is 1. The van der Waals surface area contributed by atoms with Gasteiger partial charge in [-0.15, -0.1) is 0 Å². The van der Waals surface area contributed by atoms with Gasteiger partial charge >= 0.3 is 6.03 Å². The van der Waals surface area contributed by atoms with Gasteiger partial charge in [0.15, 0.2) is 17.6 Å². The molecule has 2 aromatic rings. The molecule has 0 aliphatic carbocycles. The molecule has 0 aromatic heterocycles. The number of urea groups is 1. The first-order chi connectivity index (χ1) is 11.1. The summed E-state index contributed by atoms with van der Waals surface area (Å²) in [5.74, 6) is 1.39. The predicted octanol–water partition coefficient (Wildman–Crippen LogP) is 3.95. The Bertz CT molecular complexity index is 724. The van der Waals surface area contributed by atoms with E-state index in [1.807, 2.05) is 24.3 Å². The van der Waals surface area contributed by atoms with Crippen molar-refractivity contribution in [3.63, 3.8) is 0 Å². The maximum Gasteiger partial charge on any atom is 0.319 e. The second-order valence-corrected chi connectivity index (χ2v) is 5.78. The van der Waals surface area contributed by atoms with Crippen LogP contribution in [-0.2, 0) is 0 Å². The minimum absolute atomic E-state index is 0.246. The van der Waals surface area contributed by atoms with Gasteiger partial charge in [0.05, 0.1) is 16.6 Å². The fourth-order valence-electron chi connectivity index (χ4n) is 2.12. The number of amides is 2. The summed E-state index contributed by atoms with van der Waals surface area (Å²) in [7, 11) is 0. The summed E-state index contributed by atoms with van der Waals surface area (Å²) in [5.41, 5.74) is 0.558. The van der Waals surface area contributed by atoms with Crippen molar-refractivity contribution in [3.8, 4) is 11.5 Å². The highest BCUT2D eigenvalue weighted by molar-refractivity contribution is 6.42. The van der Waals surface area contributed by atoms with Gasteiger partial charge in [-0.05, 0) is 30.3 Å². The smallest absolute Gasteiger partial charge is 0.319 e. The Labute approximate surface area is 143 Å². The Morgan fingerprint density at radius 3 is 2.70 bits per heavy atom. The fourth-order valence-corrected chi connectivity index (χ4v) is 2.42. The summed E-state index contributed by atoms with van der Waals surface area (Å²) >= 11 is 11.7. The third-order valence-corrected chi connectivity index (χ3v) is 3.97. The predicted molar refractivity (Wildman–Crippen MR) is 89.8 cm³/mol. The van der Waals surface area contributed by atoms with Crippen LogP contribution in [0.4, 0.5) is 10.5 Å². The highest BCUT2D eigenvalue weighted by Crippen LogP contribution is 2.30. The van der Waals surface area contributed by atoms with Crippen LogP contribution >= 0.6 is 23.2 Å². The summed E-state index contributed by atoms with van der Waals surface area (Å²) in [6.07, 6.45) is -0.246. The van der Waals surface area contributed by atoms with E-state index in [-0.39, 0.29) is 12.1 Å². The van der Waals surface area contributed by atoms with Gasteiger partial charge in [0.25, 0.3) is 0 Å². The molecule has 0 bridgehead atoms. The van der Waals surface area contributed by atoms with E-state index in [0.29, 0.717) is 40.4 Å². The Hall–Kier alpha value is -2.11. The molecular weight excluding hydrogens is 339 g/mol. The molecule has 0 fully saturated rings. The van der Waals surface area contributed by atoms with Crippen LogP contribution in [0.5, 0.6) is 11.5 Å². The van der Waals surface area contributed by atoms with Gasteiger partial charge in [0.2, 0.25) is 0 Å². The van der Waals surface area contributed by atoms with Gasteiger partial charge in [-0.2, -0.15) is 0 Å². The van der Waals surface area contributed by atoms with E-state index < -0.39 is 0 Å². The Morgan fingerprint density at radius 2 is 1.91 bits per heavy atom. The lowest BCUT2D eigenvalue weighted by Gasteiger charge is -2.26. The van der Waals surface area contributed by atoms with E-state index in [1.54, 1.807) is 18.2 Å². The number of anilines is 1. The minimum atomic E-state index is -0.356. The lowest BCUT2D eigenvalue weighted by Crippen LogP contribution is -2.42. The molecule has 5 nitrogen and oxygen atoms in total. The average molecular weight is 353 g/mol. The molecule has 23 heavy (non-hydrogen) atoms. The molecule has 1 atom stereocenters. The molecule has 0 saturated carbocycles. The molecule has 2 aromatic carbocycles. The number of hydrogen-bond acceptors (Lipinski definition) is 3. The monoisotopic (exact) mass is 352 g/mol. The van der Waals surface area contributed by atoms with Crippen LogP contribution in [0.3, 0.4) is 0 Å². The van der Waals surface area contributed by atoms with Crippen molar-refractivity contribution in [2.45, 2.75) is 6.10 Å². The molecule has 0 saturated heterocycles. The van der Waals surface area contributed by atoms with Gasteiger partial charge in [0, 0.05) is 5.69 Å². The standard InChI is InChI=1S/C16H14Cl2N2O3/c17-12-6-5-10(7-13(12)18)20-16(21)19-8-11-9-22-14-3-1-2-4-15(14)23-11/h1-7,11H,8-9H2,(H2,19,20,21)/t11-/m0/s1. The van der Waals surface area contributed by atoms with Crippen molar-refractivity contribution < 1.29 is 14.3 Å². The summed E-state index contributed by atoms with van der Waals surface area (Å²) in [6, 6.07) is 11.9. The third kappa shape index (κ3) is 4.00. The first-order valence-corrected chi connectivity index (χ1v) is 7.76. The summed E-state index contributed by atoms with van der Waals surface area (Å²) in [6.45, 7) is 0.700. The summed E-state index contributed by atoms with van der Waals surface area (Å²) in [5, 5.41) is 6.23. The van der Waals surface area contributed by atoms with Crippen LogP contribution in [0, 0.1) is 0 Å². The largest absolute Gasteiger partial charge is 0.486 e. The number of carbonyl (C=O) groups excluding carboxylic acids is 1. The SMILES string of the molecule is O=C(NC[C@H]1COc2ccccc2O1)Nc1ccc(Cl)c(Cl)c1. The van der Waals surface area contributed by atoms with E-state index in [2.05, 4.69) is 10.6 Å².